The van der Waals surface area contributed by atoms with Gasteiger partial charge in [-0.15, -0.1) is 0 Å². The van der Waals surface area contributed by atoms with Gasteiger partial charge < -0.3 is 15.4 Å². The van der Waals surface area contributed by atoms with Crippen molar-refractivity contribution in [3.05, 3.63) is 28.5 Å². The summed E-state index contributed by atoms with van der Waals surface area (Å²) in [6.07, 6.45) is 0.472. The molecule has 0 aliphatic rings. The summed E-state index contributed by atoms with van der Waals surface area (Å²) < 4.78 is 18.6. The minimum atomic E-state index is -0.382. The van der Waals surface area contributed by atoms with Crippen LogP contribution < -0.4 is 10.5 Å². The van der Waals surface area contributed by atoms with Gasteiger partial charge in [-0.05, 0) is 34.1 Å². The number of hydrogen-bond donors (Lipinski definition) is 1. The summed E-state index contributed by atoms with van der Waals surface area (Å²) in [6.45, 7) is 0.330. The summed E-state index contributed by atoms with van der Waals surface area (Å²) >= 11 is 7.78. The van der Waals surface area contributed by atoms with Crippen LogP contribution in [0.25, 0.3) is 0 Å². The molecule has 1 rings (SSSR count). The van der Waals surface area contributed by atoms with Crippen molar-refractivity contribution < 1.29 is 13.9 Å². The summed E-state index contributed by atoms with van der Waals surface area (Å²) in [7, 11) is 1.64. The van der Waals surface area contributed by atoms with Gasteiger partial charge in [0, 0.05) is 20.0 Å². The molecule has 0 aromatic heterocycles. The van der Waals surface area contributed by atoms with Crippen LogP contribution in [0, 0.1) is 5.82 Å². The Morgan fingerprint density at radius 1 is 1.58 bits per heavy atom. The minimum absolute atomic E-state index is 0.119. The number of nitrogens with two attached hydrogens (primary N) is 1. The lowest BCUT2D eigenvalue weighted by Crippen LogP contribution is -2.33. The molecule has 0 radical (unpaired) electrons. The quantitative estimate of drug-likeness (QED) is 0.800. The highest BCUT2D eigenvalue weighted by molar-refractivity contribution is 9.10. The van der Waals surface area contributed by atoms with Crippen molar-refractivity contribution in [1.29, 1.82) is 0 Å². The van der Waals surface area contributed by atoms with E-state index in [1.165, 1.54) is 23.1 Å². The number of carbonyl (C=O) groups excluding carboxylic acids is 1. The smallest absolute Gasteiger partial charge is 0.260 e. The number of nitrogens with zero attached hydrogens (tertiary/aromatic N) is 1. The highest BCUT2D eigenvalue weighted by Gasteiger charge is 2.10. The summed E-state index contributed by atoms with van der Waals surface area (Å²) in [5, 5.41) is 0. The number of ether oxygens (including phenoxy) is 1. The zero-order valence-corrected chi connectivity index (χ0v) is 12.8. The first kappa shape index (κ1) is 15.8. The molecule has 7 heteroatoms. The van der Waals surface area contributed by atoms with E-state index in [2.05, 4.69) is 15.9 Å². The Bertz CT molecular complexity index is 485. The van der Waals surface area contributed by atoms with Gasteiger partial charge in [0.2, 0.25) is 0 Å². The second-order valence-corrected chi connectivity index (χ2v) is 5.27. The maximum atomic E-state index is 13.0. The summed E-state index contributed by atoms with van der Waals surface area (Å²) in [5.41, 5.74) is 5.36. The molecule has 1 aromatic rings. The predicted molar refractivity (Wildman–Crippen MR) is 78.6 cm³/mol. The van der Waals surface area contributed by atoms with Gasteiger partial charge in [0.05, 0.1) is 9.46 Å². The van der Waals surface area contributed by atoms with Crippen LogP contribution in [0.1, 0.15) is 6.42 Å². The van der Waals surface area contributed by atoms with Crippen LogP contribution in [-0.4, -0.2) is 36.0 Å². The summed E-state index contributed by atoms with van der Waals surface area (Å²) in [4.78, 5) is 13.6. The molecular formula is C12H14BrFN2O2S. The van der Waals surface area contributed by atoms with Crippen LogP contribution >= 0.6 is 28.1 Å². The normalized spacial score (nSPS) is 10.1. The van der Waals surface area contributed by atoms with Crippen molar-refractivity contribution >= 4 is 39.0 Å². The van der Waals surface area contributed by atoms with Gasteiger partial charge >= 0.3 is 0 Å². The fourth-order valence-electron chi connectivity index (χ4n) is 1.22. The van der Waals surface area contributed by atoms with Crippen molar-refractivity contribution in [3.63, 3.8) is 0 Å². The molecule has 0 aliphatic carbocycles. The molecule has 0 spiro atoms. The summed E-state index contributed by atoms with van der Waals surface area (Å²) in [5.74, 6) is -0.159. The van der Waals surface area contributed by atoms with Gasteiger partial charge in [0.15, 0.2) is 6.61 Å². The van der Waals surface area contributed by atoms with Crippen molar-refractivity contribution in [3.8, 4) is 5.75 Å². The van der Waals surface area contributed by atoms with E-state index < -0.39 is 0 Å². The largest absolute Gasteiger partial charge is 0.484 e. The standard InChI is InChI=1S/C12H14BrFN2O2S/c1-16(5-4-11(15)19)12(17)7-18-8-2-3-10(14)9(13)6-8/h2-3,6H,4-5,7H2,1H3,(H2,15,19). The Balaban J connectivity index is 2.44. The Labute approximate surface area is 124 Å². The Morgan fingerprint density at radius 2 is 2.26 bits per heavy atom. The third kappa shape index (κ3) is 5.52. The van der Waals surface area contributed by atoms with Gasteiger partial charge in [-0.2, -0.15) is 0 Å². The van der Waals surface area contributed by atoms with E-state index in [4.69, 9.17) is 22.7 Å². The lowest BCUT2D eigenvalue weighted by atomic mass is 10.3. The van der Waals surface area contributed by atoms with Gasteiger partial charge in [0.1, 0.15) is 11.6 Å². The second kappa shape index (κ2) is 7.40. The predicted octanol–water partition coefficient (Wildman–Crippen LogP) is 2.10. The average Bonchev–Trinajstić information content (AvgIpc) is 2.36. The molecule has 0 saturated heterocycles. The summed E-state index contributed by atoms with van der Waals surface area (Å²) in [6, 6.07) is 4.19. The number of amides is 1. The molecule has 4 nitrogen and oxygen atoms in total. The minimum Gasteiger partial charge on any atom is -0.484 e. The Kier molecular flexibility index (Phi) is 6.17. The first-order valence-electron chi connectivity index (χ1n) is 5.50. The van der Waals surface area contributed by atoms with Crippen LogP contribution in [0.15, 0.2) is 22.7 Å². The Morgan fingerprint density at radius 3 is 2.84 bits per heavy atom. The van der Waals surface area contributed by atoms with Gasteiger partial charge in [-0.25, -0.2) is 4.39 Å². The third-order valence-electron chi connectivity index (χ3n) is 2.37. The van der Waals surface area contributed by atoms with Gasteiger partial charge in [-0.3, -0.25) is 4.79 Å². The van der Waals surface area contributed by atoms with Gasteiger partial charge in [-0.1, -0.05) is 12.2 Å². The molecule has 1 aromatic carbocycles. The molecular weight excluding hydrogens is 335 g/mol. The first-order valence-corrected chi connectivity index (χ1v) is 6.70. The SMILES string of the molecule is CN(CCC(N)=S)C(=O)COc1ccc(F)c(Br)c1. The van der Waals surface area contributed by atoms with E-state index in [1.807, 2.05) is 0 Å². The van der Waals surface area contributed by atoms with E-state index in [-0.39, 0.29) is 18.3 Å². The second-order valence-electron chi connectivity index (χ2n) is 3.90. The fourth-order valence-corrected chi connectivity index (χ4v) is 1.67. The van der Waals surface area contributed by atoms with Crippen molar-refractivity contribution in [2.24, 2.45) is 5.73 Å². The van der Waals surface area contributed by atoms with E-state index in [0.717, 1.165) is 0 Å². The zero-order chi connectivity index (χ0) is 14.4. The monoisotopic (exact) mass is 348 g/mol. The van der Waals surface area contributed by atoms with Crippen LogP contribution in [0.4, 0.5) is 4.39 Å². The molecule has 2 N–H and O–H groups in total. The molecule has 1 amide bonds. The molecule has 0 aliphatic heterocycles. The van der Waals surface area contributed by atoms with E-state index in [0.29, 0.717) is 28.2 Å². The molecule has 0 heterocycles. The molecule has 0 unspecified atom stereocenters. The molecule has 0 fully saturated rings. The maximum absolute atomic E-state index is 13.0. The number of halogens is 2. The molecule has 0 bridgehead atoms. The average molecular weight is 349 g/mol. The van der Waals surface area contributed by atoms with Gasteiger partial charge in [0.25, 0.3) is 5.91 Å². The van der Waals surface area contributed by atoms with Crippen molar-refractivity contribution in [2.45, 2.75) is 6.42 Å². The van der Waals surface area contributed by atoms with Crippen LogP contribution in [-0.2, 0) is 4.79 Å². The fraction of sp³-hybridized carbons (Fsp3) is 0.333. The number of rotatable bonds is 6. The lowest BCUT2D eigenvalue weighted by molar-refractivity contribution is -0.131. The van der Waals surface area contributed by atoms with E-state index >= 15 is 0 Å². The molecule has 19 heavy (non-hydrogen) atoms. The highest BCUT2D eigenvalue weighted by atomic mass is 79.9. The van der Waals surface area contributed by atoms with Crippen LogP contribution in [0.3, 0.4) is 0 Å². The molecule has 0 atom stereocenters. The van der Waals surface area contributed by atoms with Crippen LogP contribution in [0.2, 0.25) is 0 Å². The maximum Gasteiger partial charge on any atom is 0.260 e. The van der Waals surface area contributed by atoms with Crippen LogP contribution in [0.5, 0.6) is 5.75 Å². The zero-order valence-electron chi connectivity index (χ0n) is 10.4. The number of carbonyl (C=O) groups is 1. The lowest BCUT2D eigenvalue weighted by Gasteiger charge is -2.17. The number of thiocarbonyl (C=S) groups is 1. The van der Waals surface area contributed by atoms with Crippen molar-refractivity contribution in [2.75, 3.05) is 20.2 Å². The number of benzene rings is 1. The molecule has 0 saturated carbocycles. The van der Waals surface area contributed by atoms with E-state index in [1.54, 1.807) is 7.05 Å². The number of hydrogen-bond acceptors (Lipinski definition) is 3. The third-order valence-corrected chi connectivity index (χ3v) is 3.18. The topological polar surface area (TPSA) is 55.6 Å². The number of likely N-dealkylation sites (N-methyl/N-ethyl adjacent to an activating group) is 1. The highest BCUT2D eigenvalue weighted by Crippen LogP contribution is 2.21. The Hall–Kier alpha value is -1.21. The van der Waals surface area contributed by atoms with Crippen molar-refractivity contribution in [1.82, 2.24) is 4.90 Å². The molecule has 104 valence electrons. The first-order chi connectivity index (χ1) is 8.90. The van der Waals surface area contributed by atoms with E-state index in [9.17, 15) is 9.18 Å².